The summed E-state index contributed by atoms with van der Waals surface area (Å²) in [5.74, 6) is 0. The first-order valence-corrected chi connectivity index (χ1v) is 4.76. The molecule has 0 bridgehead atoms. The molecule has 1 atom stereocenters. The highest BCUT2D eigenvalue weighted by molar-refractivity contribution is 5.14. The van der Waals surface area contributed by atoms with E-state index in [9.17, 15) is 13.2 Å². The van der Waals surface area contributed by atoms with Crippen molar-refractivity contribution in [2.75, 3.05) is 0 Å². The van der Waals surface area contributed by atoms with E-state index in [-0.39, 0.29) is 6.42 Å². The second-order valence-corrected chi connectivity index (χ2v) is 3.50. The molecule has 1 rings (SSSR count). The van der Waals surface area contributed by atoms with Crippen molar-refractivity contribution in [1.29, 1.82) is 0 Å². The fourth-order valence-electron chi connectivity index (χ4n) is 1.35. The third-order valence-electron chi connectivity index (χ3n) is 2.08. The molecule has 1 aromatic carbocycles. The van der Waals surface area contributed by atoms with Gasteiger partial charge in [0.05, 0.1) is 12.5 Å². The lowest BCUT2D eigenvalue weighted by Crippen LogP contribution is -2.19. The molecule has 1 unspecified atom stereocenters. The molecule has 0 aliphatic carbocycles. The summed E-state index contributed by atoms with van der Waals surface area (Å²) in [6, 6.07) is 9.16. The molecule has 0 heterocycles. The third kappa shape index (κ3) is 5.42. The Morgan fingerprint density at radius 1 is 1.13 bits per heavy atom. The molecule has 0 spiro atoms. The Labute approximate surface area is 86.5 Å². The van der Waals surface area contributed by atoms with Crippen LogP contribution in [0.1, 0.15) is 18.4 Å². The van der Waals surface area contributed by atoms with Crippen molar-refractivity contribution in [2.24, 2.45) is 0 Å². The molecule has 0 aliphatic heterocycles. The van der Waals surface area contributed by atoms with Crippen LogP contribution in [0, 0.1) is 0 Å². The van der Waals surface area contributed by atoms with E-state index in [1.165, 1.54) is 0 Å². The quantitative estimate of drug-likeness (QED) is 0.823. The minimum atomic E-state index is -4.28. The highest BCUT2D eigenvalue weighted by Crippen LogP contribution is 2.23. The van der Waals surface area contributed by atoms with Crippen LogP contribution in [-0.4, -0.2) is 17.4 Å². The van der Waals surface area contributed by atoms with Crippen LogP contribution >= 0.6 is 0 Å². The van der Waals surface area contributed by atoms with Crippen molar-refractivity contribution < 1.29 is 18.3 Å². The van der Waals surface area contributed by atoms with E-state index in [4.69, 9.17) is 5.11 Å². The first-order chi connectivity index (χ1) is 6.97. The molecule has 84 valence electrons. The van der Waals surface area contributed by atoms with Crippen molar-refractivity contribution >= 4 is 0 Å². The highest BCUT2D eigenvalue weighted by atomic mass is 19.4. The van der Waals surface area contributed by atoms with E-state index in [1.807, 2.05) is 30.3 Å². The predicted molar refractivity (Wildman–Crippen MR) is 51.4 cm³/mol. The molecule has 0 saturated carbocycles. The summed E-state index contributed by atoms with van der Waals surface area (Å²) in [5, 5.41) is 9.13. The molecule has 0 radical (unpaired) electrons. The van der Waals surface area contributed by atoms with Gasteiger partial charge in [0.1, 0.15) is 0 Å². The topological polar surface area (TPSA) is 20.2 Å². The van der Waals surface area contributed by atoms with E-state index in [2.05, 4.69) is 0 Å². The van der Waals surface area contributed by atoms with Gasteiger partial charge in [0, 0.05) is 0 Å². The second-order valence-electron chi connectivity index (χ2n) is 3.50. The van der Waals surface area contributed by atoms with Gasteiger partial charge in [0.15, 0.2) is 0 Å². The normalized spacial score (nSPS) is 13.9. The summed E-state index contributed by atoms with van der Waals surface area (Å²) < 4.78 is 35.6. The standard InChI is InChI=1S/C11H13F3O/c12-11(13,14)8-10(15)7-6-9-4-2-1-3-5-9/h1-5,10,15H,6-8H2. The number of aliphatic hydroxyl groups is 1. The Morgan fingerprint density at radius 2 is 1.73 bits per heavy atom. The van der Waals surface area contributed by atoms with Crippen molar-refractivity contribution in [3.63, 3.8) is 0 Å². The number of alkyl halides is 3. The van der Waals surface area contributed by atoms with Gasteiger partial charge in [0.2, 0.25) is 0 Å². The molecular formula is C11H13F3O. The summed E-state index contributed by atoms with van der Waals surface area (Å²) in [6.07, 6.45) is -6.09. The minimum absolute atomic E-state index is 0.142. The Hall–Kier alpha value is -1.03. The number of rotatable bonds is 4. The van der Waals surface area contributed by atoms with Crippen LogP contribution in [0.3, 0.4) is 0 Å². The van der Waals surface area contributed by atoms with Crippen molar-refractivity contribution in [3.8, 4) is 0 Å². The first-order valence-electron chi connectivity index (χ1n) is 4.76. The maximum Gasteiger partial charge on any atom is 0.391 e. The van der Waals surface area contributed by atoms with Gasteiger partial charge < -0.3 is 5.11 Å². The van der Waals surface area contributed by atoms with Gasteiger partial charge in [0.25, 0.3) is 0 Å². The van der Waals surface area contributed by atoms with Gasteiger partial charge >= 0.3 is 6.18 Å². The molecule has 0 saturated heterocycles. The number of halogens is 3. The van der Waals surface area contributed by atoms with Gasteiger partial charge in [-0.3, -0.25) is 0 Å². The van der Waals surface area contributed by atoms with Crippen molar-refractivity contribution in [1.82, 2.24) is 0 Å². The number of hydrogen-bond acceptors (Lipinski definition) is 1. The Balaban J connectivity index is 2.32. The zero-order valence-corrected chi connectivity index (χ0v) is 8.17. The molecule has 4 heteroatoms. The fraction of sp³-hybridized carbons (Fsp3) is 0.455. The molecule has 0 fully saturated rings. The maximum absolute atomic E-state index is 11.9. The summed E-state index contributed by atoms with van der Waals surface area (Å²) >= 11 is 0. The summed E-state index contributed by atoms with van der Waals surface area (Å²) in [4.78, 5) is 0. The molecule has 1 N–H and O–H groups in total. The molecular weight excluding hydrogens is 205 g/mol. The molecule has 0 aromatic heterocycles. The van der Waals surface area contributed by atoms with E-state index in [1.54, 1.807) is 0 Å². The number of aryl methyl sites for hydroxylation is 1. The molecule has 1 nitrogen and oxygen atoms in total. The molecule has 0 aliphatic rings. The average Bonchev–Trinajstić information content (AvgIpc) is 2.14. The SMILES string of the molecule is OC(CCc1ccccc1)CC(F)(F)F. The monoisotopic (exact) mass is 218 g/mol. The van der Waals surface area contributed by atoms with E-state index < -0.39 is 18.7 Å². The lowest BCUT2D eigenvalue weighted by atomic mass is 10.1. The summed E-state index contributed by atoms with van der Waals surface area (Å²) in [6.45, 7) is 0. The lowest BCUT2D eigenvalue weighted by Gasteiger charge is -2.12. The maximum atomic E-state index is 11.9. The Morgan fingerprint density at radius 3 is 2.27 bits per heavy atom. The van der Waals surface area contributed by atoms with E-state index in [0.29, 0.717) is 6.42 Å². The smallest absolute Gasteiger partial charge is 0.391 e. The van der Waals surface area contributed by atoms with Crippen LogP contribution in [0.15, 0.2) is 30.3 Å². The number of hydrogen-bond donors (Lipinski definition) is 1. The second kappa shape index (κ2) is 5.16. The highest BCUT2D eigenvalue weighted by Gasteiger charge is 2.30. The molecule has 15 heavy (non-hydrogen) atoms. The van der Waals surface area contributed by atoms with E-state index in [0.717, 1.165) is 5.56 Å². The van der Waals surface area contributed by atoms with Gasteiger partial charge in [-0.05, 0) is 18.4 Å². The zero-order chi connectivity index (χ0) is 11.3. The predicted octanol–water partition coefficient (Wildman–Crippen LogP) is 2.93. The third-order valence-corrected chi connectivity index (χ3v) is 2.08. The number of aliphatic hydroxyl groups excluding tert-OH is 1. The Kier molecular flexibility index (Phi) is 4.15. The Bertz CT molecular complexity index is 282. The zero-order valence-electron chi connectivity index (χ0n) is 8.17. The van der Waals surface area contributed by atoms with Gasteiger partial charge in [-0.2, -0.15) is 13.2 Å². The van der Waals surface area contributed by atoms with Crippen LogP contribution in [0.2, 0.25) is 0 Å². The van der Waals surface area contributed by atoms with Crippen molar-refractivity contribution in [2.45, 2.75) is 31.5 Å². The summed E-state index contributed by atoms with van der Waals surface area (Å²) in [7, 11) is 0. The first kappa shape index (κ1) is 12.0. The van der Waals surface area contributed by atoms with Crippen LogP contribution < -0.4 is 0 Å². The van der Waals surface area contributed by atoms with Crippen LogP contribution in [0.4, 0.5) is 13.2 Å². The average molecular weight is 218 g/mol. The summed E-state index contributed by atoms with van der Waals surface area (Å²) in [5.41, 5.74) is 0.943. The largest absolute Gasteiger partial charge is 0.393 e. The van der Waals surface area contributed by atoms with Gasteiger partial charge in [-0.1, -0.05) is 30.3 Å². The minimum Gasteiger partial charge on any atom is -0.393 e. The fourth-order valence-corrected chi connectivity index (χ4v) is 1.35. The van der Waals surface area contributed by atoms with Crippen LogP contribution in [-0.2, 0) is 6.42 Å². The van der Waals surface area contributed by atoms with Crippen LogP contribution in [0.5, 0.6) is 0 Å². The number of benzene rings is 1. The van der Waals surface area contributed by atoms with Gasteiger partial charge in [-0.15, -0.1) is 0 Å². The van der Waals surface area contributed by atoms with Crippen molar-refractivity contribution in [3.05, 3.63) is 35.9 Å². The lowest BCUT2D eigenvalue weighted by molar-refractivity contribution is -0.153. The molecule has 0 amide bonds. The van der Waals surface area contributed by atoms with Crippen LogP contribution in [0.25, 0.3) is 0 Å². The molecule has 1 aromatic rings. The van der Waals surface area contributed by atoms with Gasteiger partial charge in [-0.25, -0.2) is 0 Å². The van der Waals surface area contributed by atoms with E-state index >= 15 is 0 Å².